The largest absolute Gasteiger partial charge is 0.481 e. The van der Waals surface area contributed by atoms with Crippen LogP contribution in [0.15, 0.2) is 58.5 Å². The van der Waals surface area contributed by atoms with E-state index in [1.165, 1.54) is 24.3 Å². The third-order valence-corrected chi connectivity index (χ3v) is 5.67. The van der Waals surface area contributed by atoms with E-state index < -0.39 is 59.0 Å². The van der Waals surface area contributed by atoms with Crippen molar-refractivity contribution in [1.82, 2.24) is 0 Å². The van der Waals surface area contributed by atoms with Crippen LogP contribution in [-0.4, -0.2) is 67.3 Å². The van der Waals surface area contributed by atoms with Crippen molar-refractivity contribution in [2.24, 2.45) is 15.9 Å². The average molecular weight is 496 g/mol. The van der Waals surface area contributed by atoms with Crippen molar-refractivity contribution in [2.45, 2.75) is 31.0 Å². The highest BCUT2D eigenvalue weighted by Gasteiger charge is 2.65. The molecule has 0 radical (unpaired) electrons. The minimum atomic E-state index is -3.46. The Morgan fingerprint density at radius 1 is 0.833 bits per heavy atom. The molecule has 0 saturated carbocycles. The van der Waals surface area contributed by atoms with Gasteiger partial charge in [0.15, 0.2) is 22.8 Å². The standard InChI is InChI=1S/C24H20N2O10/c1-2-23(35,22(33)34)24(36,21(32)15-5-9-17(10-6-15)26-13-28)18(11-19(29)30)20(31)14-3-7-16(8-4-14)25-12-27/h3-10,18,35-36H,2,11H2,1H3,(H,29,30)(H,33,34). The number of ketones is 2. The molecule has 0 amide bonds. The number of aliphatic hydroxyl groups is 2. The van der Waals surface area contributed by atoms with Gasteiger partial charge in [-0.25, -0.2) is 14.4 Å². The van der Waals surface area contributed by atoms with Gasteiger partial charge in [0, 0.05) is 11.1 Å². The fourth-order valence-electron chi connectivity index (χ4n) is 3.74. The Bertz CT molecular complexity index is 1270. The van der Waals surface area contributed by atoms with Crippen LogP contribution in [0, 0.1) is 5.92 Å². The number of hydrogen-bond acceptors (Lipinski definition) is 10. The van der Waals surface area contributed by atoms with Crippen LogP contribution >= 0.6 is 0 Å². The number of aliphatic carboxylic acids is 2. The highest BCUT2D eigenvalue weighted by Crippen LogP contribution is 2.40. The molecule has 0 aromatic heterocycles. The Kier molecular flexibility index (Phi) is 8.61. The van der Waals surface area contributed by atoms with E-state index in [4.69, 9.17) is 0 Å². The number of carboxylic acids is 2. The number of carbonyl (C=O) groups excluding carboxylic acids is 4. The summed E-state index contributed by atoms with van der Waals surface area (Å²) < 4.78 is 0. The zero-order chi connectivity index (χ0) is 27.1. The number of isocyanates is 2. The summed E-state index contributed by atoms with van der Waals surface area (Å²) in [5, 5.41) is 41.9. The second-order valence-electron chi connectivity index (χ2n) is 7.63. The summed E-state index contributed by atoms with van der Waals surface area (Å²) in [5.74, 6) is -8.61. The number of aliphatic imine (C=N–C) groups is 2. The van der Waals surface area contributed by atoms with Gasteiger partial charge >= 0.3 is 11.9 Å². The lowest BCUT2D eigenvalue weighted by molar-refractivity contribution is -0.191. The first-order chi connectivity index (χ1) is 17.0. The van der Waals surface area contributed by atoms with Gasteiger partial charge in [0.2, 0.25) is 12.2 Å². The van der Waals surface area contributed by atoms with Crippen LogP contribution in [0.1, 0.15) is 40.5 Å². The maximum absolute atomic E-state index is 13.6. The van der Waals surface area contributed by atoms with Gasteiger partial charge in [0.1, 0.15) is 0 Å². The summed E-state index contributed by atoms with van der Waals surface area (Å²) in [6.45, 7) is 1.13. The van der Waals surface area contributed by atoms with E-state index >= 15 is 0 Å². The van der Waals surface area contributed by atoms with Gasteiger partial charge in [-0.05, 0) is 55.0 Å². The fourth-order valence-corrected chi connectivity index (χ4v) is 3.74. The first kappa shape index (κ1) is 27.6. The molecule has 186 valence electrons. The van der Waals surface area contributed by atoms with E-state index in [1.54, 1.807) is 0 Å². The van der Waals surface area contributed by atoms with Gasteiger partial charge in [0.25, 0.3) is 0 Å². The number of hydrogen-bond donors (Lipinski definition) is 4. The lowest BCUT2D eigenvalue weighted by Crippen LogP contribution is -2.68. The van der Waals surface area contributed by atoms with Crippen LogP contribution in [0.3, 0.4) is 0 Å². The van der Waals surface area contributed by atoms with Gasteiger partial charge in [-0.1, -0.05) is 6.92 Å². The first-order valence-electron chi connectivity index (χ1n) is 10.3. The molecule has 0 bridgehead atoms. The molecule has 0 aliphatic rings. The SMILES string of the molecule is CCC(O)(C(=O)O)C(O)(C(=O)c1ccc(N=C=O)cc1)C(CC(=O)O)C(=O)c1ccc(N=C=O)cc1. The molecule has 4 N–H and O–H groups in total. The molecular formula is C24H20N2O10. The van der Waals surface area contributed by atoms with Gasteiger partial charge in [0.05, 0.1) is 23.7 Å². The monoisotopic (exact) mass is 496 g/mol. The van der Waals surface area contributed by atoms with Crippen LogP contribution in [0.5, 0.6) is 0 Å². The van der Waals surface area contributed by atoms with Crippen LogP contribution in [-0.2, 0) is 19.2 Å². The van der Waals surface area contributed by atoms with E-state index in [2.05, 4.69) is 9.98 Å². The molecule has 3 atom stereocenters. The van der Waals surface area contributed by atoms with Gasteiger partial charge in [-0.3, -0.25) is 14.4 Å². The lowest BCUT2D eigenvalue weighted by Gasteiger charge is -2.43. The molecule has 36 heavy (non-hydrogen) atoms. The molecule has 2 aromatic rings. The maximum atomic E-state index is 13.6. The summed E-state index contributed by atoms with van der Waals surface area (Å²) in [7, 11) is 0. The zero-order valence-electron chi connectivity index (χ0n) is 18.7. The van der Waals surface area contributed by atoms with Gasteiger partial charge in [-0.2, -0.15) is 9.98 Å². The highest BCUT2D eigenvalue weighted by molar-refractivity contribution is 6.12. The second kappa shape index (κ2) is 11.2. The van der Waals surface area contributed by atoms with Crippen LogP contribution < -0.4 is 0 Å². The Balaban J connectivity index is 2.78. The molecule has 0 spiro atoms. The van der Waals surface area contributed by atoms with Crippen molar-refractivity contribution in [3.05, 3.63) is 59.7 Å². The molecule has 0 heterocycles. The third-order valence-electron chi connectivity index (χ3n) is 5.67. The van der Waals surface area contributed by atoms with E-state index in [-0.39, 0.29) is 16.9 Å². The Labute approximate surface area is 203 Å². The maximum Gasteiger partial charge on any atom is 0.339 e. The highest BCUT2D eigenvalue weighted by atomic mass is 16.4. The quantitative estimate of drug-likeness (QED) is 0.190. The number of nitrogens with zero attached hydrogens (tertiary/aromatic N) is 2. The fraction of sp³-hybridized carbons (Fsp3) is 0.250. The Morgan fingerprint density at radius 3 is 1.64 bits per heavy atom. The number of rotatable bonds is 12. The van der Waals surface area contributed by atoms with E-state index in [9.17, 15) is 49.2 Å². The molecule has 0 saturated heterocycles. The van der Waals surface area contributed by atoms with E-state index in [0.29, 0.717) is 0 Å². The predicted molar refractivity (Wildman–Crippen MR) is 121 cm³/mol. The van der Waals surface area contributed by atoms with Crippen LogP contribution in [0.4, 0.5) is 11.4 Å². The Morgan fingerprint density at radius 2 is 1.28 bits per heavy atom. The summed E-state index contributed by atoms with van der Waals surface area (Å²) in [6.07, 6.45) is 0.566. The van der Waals surface area contributed by atoms with Crippen molar-refractivity contribution >= 4 is 47.0 Å². The van der Waals surface area contributed by atoms with Crippen molar-refractivity contribution < 1.29 is 49.2 Å². The second-order valence-corrected chi connectivity index (χ2v) is 7.63. The Hall–Kier alpha value is -4.60. The summed E-state index contributed by atoms with van der Waals surface area (Å²) in [4.78, 5) is 78.3. The minimum Gasteiger partial charge on any atom is -0.481 e. The number of benzene rings is 2. The lowest BCUT2D eigenvalue weighted by atomic mass is 9.65. The molecule has 12 heteroatoms. The molecule has 0 aliphatic carbocycles. The average Bonchev–Trinajstić information content (AvgIpc) is 2.86. The van der Waals surface area contributed by atoms with Crippen LogP contribution in [0.2, 0.25) is 0 Å². The van der Waals surface area contributed by atoms with Crippen molar-refractivity contribution in [3.63, 3.8) is 0 Å². The number of carbonyl (C=O) groups is 4. The van der Waals surface area contributed by atoms with Crippen molar-refractivity contribution in [3.8, 4) is 0 Å². The van der Waals surface area contributed by atoms with E-state index in [0.717, 1.165) is 43.3 Å². The molecule has 12 nitrogen and oxygen atoms in total. The van der Waals surface area contributed by atoms with Crippen LogP contribution in [0.25, 0.3) is 0 Å². The molecule has 2 aromatic carbocycles. The number of Topliss-reactive ketones (excluding diaryl/α,β-unsaturated/α-hetero) is 2. The summed E-state index contributed by atoms with van der Waals surface area (Å²) in [6, 6.07) is 9.06. The molecule has 2 rings (SSSR count). The normalized spacial score (nSPS) is 14.6. The van der Waals surface area contributed by atoms with Gasteiger partial charge < -0.3 is 20.4 Å². The molecule has 0 aliphatic heterocycles. The molecule has 0 fully saturated rings. The number of carboxylic acid groups (broad SMARTS) is 2. The first-order valence-corrected chi connectivity index (χ1v) is 10.3. The minimum absolute atomic E-state index is 0.0605. The topological polar surface area (TPSA) is 208 Å². The summed E-state index contributed by atoms with van der Waals surface area (Å²) >= 11 is 0. The zero-order valence-corrected chi connectivity index (χ0v) is 18.7. The van der Waals surface area contributed by atoms with Crippen molar-refractivity contribution in [1.29, 1.82) is 0 Å². The van der Waals surface area contributed by atoms with Gasteiger partial charge in [-0.15, -0.1) is 0 Å². The molecule has 3 unspecified atom stereocenters. The molecular weight excluding hydrogens is 476 g/mol. The van der Waals surface area contributed by atoms with E-state index in [1.807, 2.05) is 0 Å². The predicted octanol–water partition coefficient (Wildman–Crippen LogP) is 1.73. The summed E-state index contributed by atoms with van der Waals surface area (Å²) in [5.41, 5.74) is -7.24. The third kappa shape index (κ3) is 5.22. The van der Waals surface area contributed by atoms with Crippen molar-refractivity contribution in [2.75, 3.05) is 0 Å². The smallest absolute Gasteiger partial charge is 0.339 e.